The van der Waals surface area contributed by atoms with Crippen molar-refractivity contribution in [2.75, 3.05) is 33.5 Å². The molecule has 0 aliphatic carbocycles. The Labute approximate surface area is 178 Å². The number of aryl methyl sites for hydroxylation is 3. The van der Waals surface area contributed by atoms with Crippen LogP contribution in [0.4, 0.5) is 0 Å². The van der Waals surface area contributed by atoms with Crippen molar-refractivity contribution in [2.45, 2.75) is 34.0 Å². The second kappa shape index (κ2) is 11.5. The van der Waals surface area contributed by atoms with Crippen LogP contribution in [0.5, 0.6) is 0 Å². The summed E-state index contributed by atoms with van der Waals surface area (Å²) < 4.78 is 35.5. The summed E-state index contributed by atoms with van der Waals surface area (Å²) in [6, 6.07) is 12.5. The van der Waals surface area contributed by atoms with Crippen LogP contribution in [-0.2, 0) is 23.3 Å². The van der Waals surface area contributed by atoms with Crippen molar-refractivity contribution >= 4 is 18.2 Å². The summed E-state index contributed by atoms with van der Waals surface area (Å²) in [6.45, 7) is 8.45. The van der Waals surface area contributed by atoms with Gasteiger partial charge in [0, 0.05) is 18.0 Å². The van der Waals surface area contributed by atoms with E-state index in [9.17, 15) is 9.36 Å². The number of carbonyl (C=O) groups excluding carboxylic acids is 1. The highest BCUT2D eigenvalue weighted by Crippen LogP contribution is 2.50. The third-order valence-corrected chi connectivity index (χ3v) is 6.89. The lowest BCUT2D eigenvalue weighted by Crippen LogP contribution is -2.21. The van der Waals surface area contributed by atoms with Crippen LogP contribution in [0.2, 0.25) is 0 Å². The van der Waals surface area contributed by atoms with Gasteiger partial charge in [0.2, 0.25) is 0 Å². The second-order valence-corrected chi connectivity index (χ2v) is 9.38. The van der Waals surface area contributed by atoms with E-state index in [-0.39, 0.29) is 13.2 Å². The van der Waals surface area contributed by atoms with Crippen LogP contribution in [0.25, 0.3) is 0 Å². The normalized spacial score (nSPS) is 14.3. The molecule has 6 nitrogen and oxygen atoms in total. The molecule has 0 bridgehead atoms. The summed E-state index contributed by atoms with van der Waals surface area (Å²) in [5.74, 6) is 0. The van der Waals surface area contributed by atoms with Crippen LogP contribution in [0, 0.1) is 20.8 Å². The first-order valence-corrected chi connectivity index (χ1v) is 11.6. The molecule has 2 atom stereocenters. The van der Waals surface area contributed by atoms with Crippen molar-refractivity contribution in [1.29, 1.82) is 0 Å². The number of methoxy groups -OCH3 is 1. The Balaban J connectivity index is 2.18. The van der Waals surface area contributed by atoms with Crippen molar-refractivity contribution in [3.63, 3.8) is 0 Å². The van der Waals surface area contributed by atoms with E-state index in [4.69, 9.17) is 18.7 Å². The smallest absolute Gasteiger partial charge is 0.300 e. The van der Waals surface area contributed by atoms with Crippen molar-refractivity contribution in [2.24, 2.45) is 0 Å². The first kappa shape index (κ1) is 24.4. The number of benzene rings is 2. The zero-order valence-corrected chi connectivity index (χ0v) is 19.2. The first-order valence-electron chi connectivity index (χ1n) is 9.94. The average Bonchev–Trinajstić information content (AvgIpc) is 2.71. The number of rotatable bonds is 12. The summed E-state index contributed by atoms with van der Waals surface area (Å²) in [5.41, 5.74) is 2.58. The van der Waals surface area contributed by atoms with E-state index in [0.717, 1.165) is 16.7 Å². The number of carbonyl (C=O) groups is 1. The van der Waals surface area contributed by atoms with Crippen LogP contribution in [0.15, 0.2) is 42.5 Å². The topological polar surface area (TPSA) is 71.1 Å². The molecule has 2 rings (SSSR count). The zero-order chi connectivity index (χ0) is 22.1. The third-order valence-electron chi connectivity index (χ3n) is 4.60. The quantitative estimate of drug-likeness (QED) is 0.280. The van der Waals surface area contributed by atoms with Gasteiger partial charge in [-0.1, -0.05) is 35.9 Å². The van der Waals surface area contributed by atoms with Gasteiger partial charge in [0.05, 0.1) is 26.4 Å². The maximum atomic E-state index is 13.9. The molecule has 30 heavy (non-hydrogen) atoms. The lowest BCUT2D eigenvalue weighted by molar-refractivity contribution is -0.141. The Morgan fingerprint density at radius 1 is 0.933 bits per heavy atom. The number of ether oxygens (including phenoxy) is 3. The van der Waals surface area contributed by atoms with Gasteiger partial charge in [0.15, 0.2) is 6.29 Å². The molecule has 0 aromatic heterocycles. The molecule has 164 valence electrons. The van der Waals surface area contributed by atoms with E-state index in [1.807, 2.05) is 39.0 Å². The van der Waals surface area contributed by atoms with Gasteiger partial charge in [-0.15, -0.1) is 0 Å². The highest BCUT2D eigenvalue weighted by atomic mass is 31.2. The predicted molar refractivity (Wildman–Crippen MR) is 118 cm³/mol. The largest absolute Gasteiger partial charge is 0.382 e. The van der Waals surface area contributed by atoms with Gasteiger partial charge in [0.1, 0.15) is 0 Å². The molecule has 0 amide bonds. The van der Waals surface area contributed by atoms with Crippen LogP contribution in [0.3, 0.4) is 0 Å². The number of hydrogen-bond donors (Lipinski definition) is 0. The molecule has 0 radical (unpaired) electrons. The minimum atomic E-state index is -3.82. The van der Waals surface area contributed by atoms with Gasteiger partial charge in [0.25, 0.3) is 5.52 Å². The van der Waals surface area contributed by atoms with Crippen molar-refractivity contribution in [3.05, 3.63) is 64.7 Å². The lowest BCUT2D eigenvalue weighted by Gasteiger charge is -2.21. The molecule has 0 aliphatic rings. The molecule has 2 unspecified atom stereocenters. The fraction of sp³-hybridized carbons (Fsp3) is 0.435. The van der Waals surface area contributed by atoms with Crippen molar-refractivity contribution < 1.29 is 28.1 Å². The summed E-state index contributed by atoms with van der Waals surface area (Å²) in [6.07, 6.45) is -0.461. The predicted octanol–water partition coefficient (Wildman–Crippen LogP) is 4.40. The molecule has 0 saturated carbocycles. The molecule has 0 fully saturated rings. The molecule has 0 saturated heterocycles. The Morgan fingerprint density at radius 3 is 2.07 bits per heavy atom. The highest BCUT2D eigenvalue weighted by molar-refractivity contribution is 7.83. The van der Waals surface area contributed by atoms with Crippen LogP contribution in [0.1, 0.15) is 34.0 Å². The Hall–Kier alpha value is -1.82. The summed E-state index contributed by atoms with van der Waals surface area (Å²) in [4.78, 5) is 13.5. The Morgan fingerprint density at radius 2 is 1.50 bits per heavy atom. The number of hydrogen-bond acceptors (Lipinski definition) is 6. The van der Waals surface area contributed by atoms with E-state index >= 15 is 0 Å². The van der Waals surface area contributed by atoms with E-state index in [2.05, 4.69) is 0 Å². The van der Waals surface area contributed by atoms with E-state index in [1.165, 1.54) is 0 Å². The first-order chi connectivity index (χ1) is 14.3. The van der Waals surface area contributed by atoms with Gasteiger partial charge >= 0.3 is 7.37 Å². The maximum absolute atomic E-state index is 13.9. The molecule has 0 spiro atoms. The Kier molecular flexibility index (Phi) is 9.40. The molecule has 2 aromatic carbocycles. The molecule has 2 aromatic rings. The van der Waals surface area contributed by atoms with Gasteiger partial charge in [-0.2, -0.15) is 0 Å². The maximum Gasteiger partial charge on any atom is 0.300 e. The Bertz CT molecular complexity index is 858. The lowest BCUT2D eigenvalue weighted by atomic mass is 10.0. The second-order valence-electron chi connectivity index (χ2n) is 7.10. The van der Waals surface area contributed by atoms with Gasteiger partial charge in [-0.05, 0) is 51.0 Å². The van der Waals surface area contributed by atoms with Crippen LogP contribution >= 0.6 is 7.37 Å². The van der Waals surface area contributed by atoms with E-state index in [1.54, 1.807) is 38.3 Å². The summed E-state index contributed by atoms with van der Waals surface area (Å²) in [7, 11) is -2.22. The standard InChI is InChI=1S/C23H31O6P/c1-17-15-18(2)22(19(3)16-17)23(24)30(25,21-9-7-6-8-10-21)29-14-13-28-20(4)27-12-11-26-5/h6-10,15-16,20H,11-14H2,1-5H3. The third kappa shape index (κ3) is 6.34. The van der Waals surface area contributed by atoms with E-state index in [0.29, 0.717) is 24.1 Å². The molecule has 0 heterocycles. The average molecular weight is 434 g/mol. The van der Waals surface area contributed by atoms with Crippen LogP contribution in [-0.4, -0.2) is 45.4 Å². The molecular formula is C23H31O6P. The zero-order valence-electron chi connectivity index (χ0n) is 18.3. The summed E-state index contributed by atoms with van der Waals surface area (Å²) >= 11 is 0. The van der Waals surface area contributed by atoms with Crippen molar-refractivity contribution in [3.8, 4) is 0 Å². The SMILES string of the molecule is COCCOC(C)OCCOP(=O)(C(=O)c1c(C)cc(C)cc1C)c1ccccc1. The van der Waals surface area contributed by atoms with Crippen LogP contribution < -0.4 is 5.30 Å². The minimum Gasteiger partial charge on any atom is -0.382 e. The molecular weight excluding hydrogens is 403 g/mol. The minimum absolute atomic E-state index is 0.000152. The van der Waals surface area contributed by atoms with Gasteiger partial charge < -0.3 is 18.7 Å². The highest BCUT2D eigenvalue weighted by Gasteiger charge is 2.37. The van der Waals surface area contributed by atoms with Crippen molar-refractivity contribution in [1.82, 2.24) is 0 Å². The van der Waals surface area contributed by atoms with Gasteiger partial charge in [-0.3, -0.25) is 9.36 Å². The fourth-order valence-corrected chi connectivity index (χ4v) is 5.31. The molecule has 0 aliphatic heterocycles. The summed E-state index contributed by atoms with van der Waals surface area (Å²) in [5, 5.41) is 0.374. The fourth-order valence-electron chi connectivity index (χ4n) is 3.26. The molecule has 7 heteroatoms. The molecule has 0 N–H and O–H groups in total. The monoisotopic (exact) mass is 434 g/mol. The van der Waals surface area contributed by atoms with Gasteiger partial charge in [-0.25, -0.2) is 0 Å². The van der Waals surface area contributed by atoms with E-state index < -0.39 is 19.2 Å².